The second-order valence-electron chi connectivity index (χ2n) is 4.37. The molecule has 0 aromatic heterocycles. The van der Waals surface area contributed by atoms with Gasteiger partial charge in [-0.3, -0.25) is 4.90 Å². The van der Waals surface area contributed by atoms with Crippen molar-refractivity contribution >= 4 is 0 Å². The number of hydrogen-bond donors (Lipinski definition) is 0. The first-order valence-electron chi connectivity index (χ1n) is 5.54. The molecule has 1 heterocycles. The average Bonchev–Trinajstić information content (AvgIpc) is 2.25. The molecule has 1 saturated heterocycles. The maximum absolute atomic E-state index is 3.21. The molecule has 0 atom stereocenters. The van der Waals surface area contributed by atoms with E-state index in [-0.39, 0.29) is 0 Å². The van der Waals surface area contributed by atoms with Gasteiger partial charge in [0.15, 0.2) is 0 Å². The van der Waals surface area contributed by atoms with Crippen LogP contribution in [0.1, 0.15) is 11.1 Å². The fraction of sp³-hybridized carbons (Fsp3) is 0.538. The van der Waals surface area contributed by atoms with Crippen LogP contribution in [0.25, 0.3) is 0 Å². The van der Waals surface area contributed by atoms with E-state index in [4.69, 9.17) is 0 Å². The maximum atomic E-state index is 3.21. The summed E-state index contributed by atoms with van der Waals surface area (Å²) in [5.74, 6) is 0. The number of nitrogens with zero attached hydrogens (tertiary/aromatic N) is 2. The van der Waals surface area contributed by atoms with E-state index in [1.54, 1.807) is 0 Å². The van der Waals surface area contributed by atoms with Crippen LogP contribution in [0.5, 0.6) is 0 Å². The van der Waals surface area contributed by atoms with Crippen LogP contribution >= 0.6 is 0 Å². The topological polar surface area (TPSA) is 6.48 Å². The van der Waals surface area contributed by atoms with Crippen LogP contribution in [-0.4, -0.2) is 43.0 Å². The van der Waals surface area contributed by atoms with Crippen LogP contribution in [0.2, 0.25) is 0 Å². The molecule has 0 unspecified atom stereocenters. The van der Waals surface area contributed by atoms with Gasteiger partial charge in [-0.25, -0.2) is 0 Å². The van der Waals surface area contributed by atoms with Gasteiger partial charge in [-0.2, -0.15) is 0 Å². The molecule has 0 radical (unpaired) electrons. The molecule has 80 valence electrons. The van der Waals surface area contributed by atoms with Gasteiger partial charge in [-0.15, -0.1) is 0 Å². The Morgan fingerprint density at radius 3 is 2.47 bits per heavy atom. The molecule has 0 N–H and O–H groups in total. The summed E-state index contributed by atoms with van der Waals surface area (Å²) in [5.41, 5.74) is 2.42. The molecule has 1 aromatic rings. The van der Waals surface area contributed by atoms with Crippen LogP contribution in [0.3, 0.4) is 0 Å². The molecule has 1 fully saturated rings. The van der Waals surface area contributed by atoms with E-state index in [2.05, 4.69) is 48.0 Å². The molecule has 1 aliphatic heterocycles. The Morgan fingerprint density at radius 1 is 1.13 bits per heavy atom. The summed E-state index contributed by atoms with van der Waals surface area (Å²) >= 11 is 0. The van der Waals surface area contributed by atoms with Crippen LogP contribution < -0.4 is 0 Å². The molecule has 0 spiro atoms. The third-order valence-corrected chi connectivity index (χ3v) is 2.94. The second kappa shape index (κ2) is 4.65. The van der Waals surface area contributed by atoms with Gasteiger partial charge in [-0.05, 0) is 31.7 Å². The second-order valence-corrected chi connectivity index (χ2v) is 4.37. The Balaban J connectivity index is 1.89. The quantitative estimate of drug-likeness (QED) is 0.714. The lowest BCUT2D eigenvalue weighted by Crippen LogP contribution is -2.43. The van der Waals surface area contributed by atoms with Crippen LogP contribution in [0, 0.1) is 19.1 Å². The Labute approximate surface area is 92.5 Å². The molecule has 0 bridgehead atoms. The monoisotopic (exact) mass is 202 g/mol. The highest BCUT2D eigenvalue weighted by Gasteiger charge is 2.13. The first kappa shape index (κ1) is 10.5. The van der Waals surface area contributed by atoms with E-state index in [1.807, 2.05) is 0 Å². The molecule has 15 heavy (non-hydrogen) atoms. The SMILES string of the molecule is Cc1c#cc(CN2CCN(C)CC2)cc1. The number of hydrogen-bond acceptors (Lipinski definition) is 2. The van der Waals surface area contributed by atoms with Crippen molar-refractivity contribution in [3.8, 4) is 0 Å². The third-order valence-electron chi connectivity index (χ3n) is 2.94. The molecule has 2 nitrogen and oxygen atoms in total. The van der Waals surface area contributed by atoms with E-state index < -0.39 is 0 Å². The van der Waals surface area contributed by atoms with Crippen molar-refractivity contribution in [2.45, 2.75) is 13.5 Å². The minimum atomic E-state index is 1.02. The lowest BCUT2D eigenvalue weighted by molar-refractivity contribution is 0.148. The van der Waals surface area contributed by atoms with E-state index >= 15 is 0 Å². The lowest BCUT2D eigenvalue weighted by atomic mass is 10.2. The van der Waals surface area contributed by atoms with Crippen LogP contribution in [-0.2, 0) is 6.54 Å². The zero-order valence-corrected chi connectivity index (χ0v) is 9.58. The Morgan fingerprint density at radius 2 is 1.87 bits per heavy atom. The van der Waals surface area contributed by atoms with Gasteiger partial charge in [0, 0.05) is 38.3 Å². The Bertz CT molecular complexity index is 297. The van der Waals surface area contributed by atoms with Gasteiger partial charge in [-0.1, -0.05) is 12.1 Å². The minimum absolute atomic E-state index is 1.02. The van der Waals surface area contributed by atoms with Crippen LogP contribution in [0.15, 0.2) is 12.1 Å². The van der Waals surface area contributed by atoms with Crippen molar-refractivity contribution in [3.63, 3.8) is 0 Å². The number of likely N-dealkylation sites (N-methyl/N-ethyl adjacent to an activating group) is 1. The molecule has 1 aromatic carbocycles. The molecule has 0 aliphatic carbocycles. The lowest BCUT2D eigenvalue weighted by Gasteiger charge is -2.31. The fourth-order valence-electron chi connectivity index (χ4n) is 1.83. The van der Waals surface area contributed by atoms with Gasteiger partial charge in [0.25, 0.3) is 0 Å². The Hall–Kier alpha value is -1.04. The van der Waals surface area contributed by atoms with Crippen molar-refractivity contribution in [2.24, 2.45) is 0 Å². The number of piperazine rings is 1. The normalized spacial score (nSPS) is 18.8. The molecular weight excluding hydrogens is 184 g/mol. The molecular formula is C13H18N2. The highest BCUT2D eigenvalue weighted by atomic mass is 15.2. The zero-order valence-electron chi connectivity index (χ0n) is 9.58. The predicted molar refractivity (Wildman–Crippen MR) is 61.6 cm³/mol. The molecule has 2 rings (SSSR count). The zero-order chi connectivity index (χ0) is 10.7. The first-order valence-corrected chi connectivity index (χ1v) is 5.54. The number of rotatable bonds is 2. The van der Waals surface area contributed by atoms with Gasteiger partial charge in [0.05, 0.1) is 0 Å². The van der Waals surface area contributed by atoms with Gasteiger partial charge < -0.3 is 4.90 Å². The van der Waals surface area contributed by atoms with E-state index in [9.17, 15) is 0 Å². The average molecular weight is 202 g/mol. The first-order chi connectivity index (χ1) is 7.24. The smallest absolute Gasteiger partial charge is 0.0314 e. The van der Waals surface area contributed by atoms with Gasteiger partial charge in [0.2, 0.25) is 0 Å². The fourth-order valence-corrected chi connectivity index (χ4v) is 1.83. The molecule has 0 saturated carbocycles. The third kappa shape index (κ3) is 2.95. The summed E-state index contributed by atoms with van der Waals surface area (Å²) in [7, 11) is 2.18. The highest BCUT2D eigenvalue weighted by Crippen LogP contribution is 2.05. The van der Waals surface area contributed by atoms with E-state index in [0.717, 1.165) is 25.2 Å². The molecule has 0 amide bonds. The van der Waals surface area contributed by atoms with Crippen molar-refractivity contribution in [2.75, 3.05) is 33.2 Å². The summed E-state index contributed by atoms with van der Waals surface area (Å²) in [4.78, 5) is 4.86. The summed E-state index contributed by atoms with van der Waals surface area (Å²) in [5, 5.41) is 0. The summed E-state index contributed by atoms with van der Waals surface area (Å²) in [6.07, 6.45) is 0. The van der Waals surface area contributed by atoms with Crippen LogP contribution in [0.4, 0.5) is 0 Å². The van der Waals surface area contributed by atoms with Gasteiger partial charge in [0.1, 0.15) is 0 Å². The van der Waals surface area contributed by atoms with E-state index in [1.165, 1.54) is 18.7 Å². The molecule has 1 aliphatic rings. The summed E-state index contributed by atoms with van der Waals surface area (Å²) in [6, 6.07) is 10.6. The maximum Gasteiger partial charge on any atom is 0.0314 e. The van der Waals surface area contributed by atoms with Gasteiger partial charge >= 0.3 is 0 Å². The largest absolute Gasteiger partial charge is 0.304 e. The Kier molecular flexibility index (Phi) is 3.25. The summed E-state index contributed by atoms with van der Waals surface area (Å²) in [6.45, 7) is 7.75. The summed E-state index contributed by atoms with van der Waals surface area (Å²) < 4.78 is 0. The highest BCUT2D eigenvalue weighted by molar-refractivity contribution is 5.14. The van der Waals surface area contributed by atoms with Crippen molar-refractivity contribution in [1.82, 2.24) is 9.80 Å². The minimum Gasteiger partial charge on any atom is -0.304 e. The van der Waals surface area contributed by atoms with Crippen molar-refractivity contribution < 1.29 is 0 Å². The molecule has 2 heteroatoms. The van der Waals surface area contributed by atoms with Crippen molar-refractivity contribution in [1.29, 1.82) is 0 Å². The predicted octanol–water partition coefficient (Wildman–Crippen LogP) is 1.34. The van der Waals surface area contributed by atoms with Crippen molar-refractivity contribution in [3.05, 3.63) is 35.4 Å². The number of aryl methyl sites for hydroxylation is 1. The standard InChI is InChI=1S/C13H18N2/c1-12-3-5-13(6-4-12)11-15-9-7-14(2)8-10-15/h3,5H,7-11H2,1-2H3. The van der Waals surface area contributed by atoms with E-state index in [0.29, 0.717) is 0 Å².